The van der Waals surface area contributed by atoms with E-state index >= 15 is 0 Å². The van der Waals surface area contributed by atoms with Crippen molar-refractivity contribution in [3.8, 4) is 0 Å². The Balaban J connectivity index is 1.70. The lowest BCUT2D eigenvalue weighted by molar-refractivity contribution is 0.0857. The first kappa shape index (κ1) is 17.4. The molecule has 2 N–H and O–H groups in total. The highest BCUT2D eigenvalue weighted by Gasteiger charge is 2.20. The Hall–Kier alpha value is -2.39. The molecule has 1 atom stereocenters. The summed E-state index contributed by atoms with van der Waals surface area (Å²) in [5.74, 6) is 0.232. The zero-order chi connectivity index (χ0) is 17.9. The van der Waals surface area contributed by atoms with Crippen LogP contribution in [0.1, 0.15) is 29.0 Å². The second-order valence-corrected chi connectivity index (χ2v) is 7.48. The quantitative estimate of drug-likeness (QED) is 0.806. The van der Waals surface area contributed by atoms with Crippen molar-refractivity contribution in [3.05, 3.63) is 41.7 Å². The molecule has 1 aliphatic rings. The number of nitrogens with zero attached hydrogens (tertiary/aromatic N) is 1. The summed E-state index contributed by atoms with van der Waals surface area (Å²) in [4.78, 5) is 12.2. The van der Waals surface area contributed by atoms with Gasteiger partial charge in [0.1, 0.15) is 5.76 Å². The molecule has 1 saturated heterocycles. The molecule has 1 amide bonds. The smallest absolute Gasteiger partial charge is 0.263 e. The number of anilines is 1. The van der Waals surface area contributed by atoms with Crippen LogP contribution in [0.5, 0.6) is 0 Å². The number of carbonyl (C=O) groups is 1. The summed E-state index contributed by atoms with van der Waals surface area (Å²) in [6.07, 6.45) is 1.92. The van der Waals surface area contributed by atoms with Gasteiger partial charge in [-0.15, -0.1) is 0 Å². The molecule has 1 fully saturated rings. The highest BCUT2D eigenvalue weighted by molar-refractivity contribution is 7.92. The number of aromatic nitrogens is 1. The molecule has 0 radical (unpaired) electrons. The largest absolute Gasteiger partial charge is 0.376 e. The first-order chi connectivity index (χ1) is 11.9. The Morgan fingerprint density at radius 1 is 1.36 bits per heavy atom. The van der Waals surface area contributed by atoms with Gasteiger partial charge in [-0.05, 0) is 38.0 Å². The Labute approximate surface area is 145 Å². The molecular formula is C16H19N3O5S. The van der Waals surface area contributed by atoms with Gasteiger partial charge >= 0.3 is 0 Å². The fourth-order valence-electron chi connectivity index (χ4n) is 2.53. The van der Waals surface area contributed by atoms with Gasteiger partial charge in [0.05, 0.1) is 11.0 Å². The SMILES string of the molecule is Cc1cc(NS(=O)(=O)c2cccc(C(=O)NCC3CCCO3)c2)no1. The maximum atomic E-state index is 12.4. The number of sulfonamides is 1. The molecule has 0 spiro atoms. The molecule has 9 heteroatoms. The van der Waals surface area contributed by atoms with E-state index in [9.17, 15) is 13.2 Å². The molecule has 0 saturated carbocycles. The van der Waals surface area contributed by atoms with E-state index in [1.807, 2.05) is 0 Å². The standard InChI is InChI=1S/C16H19N3O5S/c1-11-8-15(18-24-11)19-25(21,22)14-6-2-4-12(9-14)16(20)17-10-13-5-3-7-23-13/h2,4,6,8-9,13H,3,5,7,10H2,1H3,(H,17,20)(H,18,19). The minimum atomic E-state index is -3.86. The molecule has 1 aromatic carbocycles. The highest BCUT2D eigenvalue weighted by Crippen LogP contribution is 2.17. The molecule has 0 aliphatic carbocycles. The number of carbonyl (C=O) groups excluding carboxylic acids is 1. The monoisotopic (exact) mass is 365 g/mol. The van der Waals surface area contributed by atoms with Crippen LogP contribution in [-0.2, 0) is 14.8 Å². The Morgan fingerprint density at radius 3 is 2.88 bits per heavy atom. The third-order valence-electron chi connectivity index (χ3n) is 3.79. The molecule has 1 aliphatic heterocycles. The lowest BCUT2D eigenvalue weighted by atomic mass is 10.2. The van der Waals surface area contributed by atoms with Crippen LogP contribution in [0.25, 0.3) is 0 Å². The van der Waals surface area contributed by atoms with E-state index in [4.69, 9.17) is 9.26 Å². The van der Waals surface area contributed by atoms with Gasteiger partial charge in [0.2, 0.25) is 0 Å². The van der Waals surface area contributed by atoms with Gasteiger partial charge in [-0.2, -0.15) is 0 Å². The molecule has 25 heavy (non-hydrogen) atoms. The van der Waals surface area contributed by atoms with Gasteiger partial charge in [0.15, 0.2) is 5.82 Å². The van der Waals surface area contributed by atoms with Crippen molar-refractivity contribution in [1.82, 2.24) is 10.5 Å². The van der Waals surface area contributed by atoms with Crippen molar-refractivity contribution < 1.29 is 22.5 Å². The molecular weight excluding hydrogens is 346 g/mol. The van der Waals surface area contributed by atoms with Crippen LogP contribution in [0, 0.1) is 6.92 Å². The molecule has 0 bridgehead atoms. The van der Waals surface area contributed by atoms with Gasteiger partial charge in [-0.1, -0.05) is 11.2 Å². The number of hydrogen-bond acceptors (Lipinski definition) is 6. The average Bonchev–Trinajstić information content (AvgIpc) is 3.24. The number of hydrogen-bond donors (Lipinski definition) is 2. The van der Waals surface area contributed by atoms with Crippen LogP contribution in [0.2, 0.25) is 0 Å². The Morgan fingerprint density at radius 2 is 2.20 bits per heavy atom. The van der Waals surface area contributed by atoms with Crippen LogP contribution in [-0.4, -0.2) is 38.7 Å². The molecule has 2 aromatic rings. The number of aryl methyl sites for hydroxylation is 1. The molecule has 134 valence electrons. The highest BCUT2D eigenvalue weighted by atomic mass is 32.2. The van der Waals surface area contributed by atoms with E-state index in [-0.39, 0.29) is 28.3 Å². The lowest BCUT2D eigenvalue weighted by Gasteiger charge is -2.11. The van der Waals surface area contributed by atoms with Crippen molar-refractivity contribution in [2.45, 2.75) is 30.8 Å². The van der Waals surface area contributed by atoms with Gasteiger partial charge in [0.25, 0.3) is 15.9 Å². The van der Waals surface area contributed by atoms with E-state index in [2.05, 4.69) is 15.2 Å². The van der Waals surface area contributed by atoms with Gasteiger partial charge in [-0.25, -0.2) is 8.42 Å². The van der Waals surface area contributed by atoms with Crippen LogP contribution in [0.15, 0.2) is 39.8 Å². The first-order valence-electron chi connectivity index (χ1n) is 7.90. The summed E-state index contributed by atoms with van der Waals surface area (Å²) < 4.78 is 37.4. The normalized spacial score (nSPS) is 17.4. The number of nitrogens with one attached hydrogen (secondary N) is 2. The Kier molecular flexibility index (Phi) is 5.05. The van der Waals surface area contributed by atoms with Gasteiger partial charge in [-0.3, -0.25) is 9.52 Å². The predicted octanol–water partition coefficient (Wildman–Crippen LogP) is 1.69. The van der Waals surface area contributed by atoms with Gasteiger partial charge in [0, 0.05) is 24.8 Å². The van der Waals surface area contributed by atoms with Crippen LogP contribution < -0.4 is 10.0 Å². The summed E-state index contributed by atoms with van der Waals surface area (Å²) >= 11 is 0. The second kappa shape index (κ2) is 7.24. The maximum absolute atomic E-state index is 12.4. The number of benzene rings is 1. The maximum Gasteiger partial charge on any atom is 0.263 e. The topological polar surface area (TPSA) is 111 Å². The van der Waals surface area contributed by atoms with Crippen LogP contribution >= 0.6 is 0 Å². The summed E-state index contributed by atoms with van der Waals surface area (Å²) in [7, 11) is -3.86. The van der Waals surface area contributed by atoms with Gasteiger partial charge < -0.3 is 14.6 Å². The summed E-state index contributed by atoms with van der Waals surface area (Å²) in [6.45, 7) is 2.78. The summed E-state index contributed by atoms with van der Waals surface area (Å²) in [6, 6.07) is 7.27. The van der Waals surface area contributed by atoms with Crippen molar-refractivity contribution in [3.63, 3.8) is 0 Å². The van der Waals surface area contributed by atoms with E-state index in [1.165, 1.54) is 24.3 Å². The van der Waals surface area contributed by atoms with Crippen molar-refractivity contribution in [2.24, 2.45) is 0 Å². The fourth-order valence-corrected chi connectivity index (χ4v) is 3.56. The first-order valence-corrected chi connectivity index (χ1v) is 9.38. The molecule has 2 heterocycles. The molecule has 1 aromatic heterocycles. The zero-order valence-corrected chi connectivity index (χ0v) is 14.5. The number of rotatable bonds is 6. The summed E-state index contributed by atoms with van der Waals surface area (Å²) in [5, 5.41) is 6.37. The number of amides is 1. The third kappa shape index (κ3) is 4.37. The fraction of sp³-hybridized carbons (Fsp3) is 0.375. The predicted molar refractivity (Wildman–Crippen MR) is 89.8 cm³/mol. The molecule has 1 unspecified atom stereocenters. The minimum Gasteiger partial charge on any atom is -0.376 e. The number of ether oxygens (including phenoxy) is 1. The minimum absolute atomic E-state index is 0.0212. The molecule has 8 nitrogen and oxygen atoms in total. The zero-order valence-electron chi connectivity index (χ0n) is 13.7. The van der Waals surface area contributed by atoms with Crippen molar-refractivity contribution >= 4 is 21.7 Å². The van der Waals surface area contributed by atoms with E-state index in [0.717, 1.165) is 12.8 Å². The lowest BCUT2D eigenvalue weighted by Crippen LogP contribution is -2.31. The van der Waals surface area contributed by atoms with Crippen molar-refractivity contribution in [2.75, 3.05) is 17.9 Å². The van der Waals surface area contributed by atoms with E-state index in [1.54, 1.807) is 13.0 Å². The average molecular weight is 365 g/mol. The third-order valence-corrected chi connectivity index (χ3v) is 5.14. The van der Waals surface area contributed by atoms with Crippen molar-refractivity contribution in [1.29, 1.82) is 0 Å². The molecule has 3 rings (SSSR count). The van der Waals surface area contributed by atoms with E-state index < -0.39 is 10.0 Å². The summed E-state index contributed by atoms with van der Waals surface area (Å²) in [5.41, 5.74) is 0.261. The Bertz CT molecular complexity index is 856. The van der Waals surface area contributed by atoms with Crippen LogP contribution in [0.3, 0.4) is 0 Å². The van der Waals surface area contributed by atoms with E-state index in [0.29, 0.717) is 18.9 Å². The van der Waals surface area contributed by atoms with Crippen LogP contribution in [0.4, 0.5) is 5.82 Å². The second-order valence-electron chi connectivity index (χ2n) is 5.80.